The monoisotopic (exact) mass is 747 g/mol. The lowest BCUT2D eigenvalue weighted by Crippen LogP contribution is -2.67. The first-order valence-electron chi connectivity index (χ1n) is 24.2. The standard InChI is InChI=1S/C52H83BN2/c1-33-25-44-46-45(26-33)55-47-40(52(51(55,11)12)23-17-14-18-24-52)31-38(50(8,9)10)32-42(47)53(46)41-22-21-35(34-19-15-13-16-20-34)27-43(41)54(44)39-29-36(48(2,3)4)28-37(30-39)49(5,6)7/h22,29,32-35,37,39-40,42-43,45,47H,13-21,23-28,30-31H2,1-12H3. The fourth-order valence-electron chi connectivity index (χ4n) is 15.9. The second-order valence-electron chi connectivity index (χ2n) is 25.2. The van der Waals surface area contributed by atoms with Gasteiger partial charge in [-0.15, -0.1) is 0 Å². The molecule has 2 saturated carbocycles. The van der Waals surface area contributed by atoms with Crippen LogP contribution in [-0.2, 0) is 0 Å². The van der Waals surface area contributed by atoms with E-state index in [0.717, 1.165) is 29.6 Å². The molecular formula is C52H83BN2. The van der Waals surface area contributed by atoms with Gasteiger partial charge in [0.15, 0.2) is 0 Å². The molecule has 9 rings (SSSR count). The number of allylic oxidation sites excluding steroid dienone is 4. The van der Waals surface area contributed by atoms with Crippen molar-refractivity contribution in [1.82, 2.24) is 9.80 Å². The second kappa shape index (κ2) is 13.4. The molecule has 0 amide bonds. The normalized spacial score (nSPS) is 39.3. The maximum Gasteiger partial charge on any atom is 0.214 e. The third kappa shape index (κ3) is 6.15. The Balaban J connectivity index is 1.27. The molecule has 0 aromatic carbocycles. The van der Waals surface area contributed by atoms with Crippen molar-refractivity contribution >= 4 is 6.71 Å². The van der Waals surface area contributed by atoms with Gasteiger partial charge < -0.3 is 4.90 Å². The molecule has 304 valence electrons. The van der Waals surface area contributed by atoms with E-state index in [1.807, 2.05) is 16.6 Å². The maximum atomic E-state index is 3.31. The number of rotatable bonds is 2. The molecule has 9 atom stereocenters. The Hall–Kier alpha value is -1.22. The summed E-state index contributed by atoms with van der Waals surface area (Å²) in [6.07, 6.45) is 32.8. The minimum absolute atomic E-state index is 0.216. The fraction of sp³-hybridized carbons (Fsp3) is 0.846. The molecule has 0 N–H and O–H groups in total. The highest BCUT2D eigenvalue weighted by molar-refractivity contribution is 6.77. The van der Waals surface area contributed by atoms with Crippen molar-refractivity contribution in [1.29, 1.82) is 0 Å². The minimum atomic E-state index is 0.216. The Bertz CT molecular complexity index is 1620. The van der Waals surface area contributed by atoms with E-state index < -0.39 is 0 Å². The second-order valence-corrected chi connectivity index (χ2v) is 25.2. The molecule has 0 radical (unpaired) electrons. The van der Waals surface area contributed by atoms with Gasteiger partial charge in [-0.1, -0.05) is 161 Å². The van der Waals surface area contributed by atoms with Crippen molar-refractivity contribution in [3.05, 3.63) is 46.0 Å². The summed E-state index contributed by atoms with van der Waals surface area (Å²) in [7, 11) is 0. The number of hydrogen-bond acceptors (Lipinski definition) is 2. The molecular weight excluding hydrogens is 663 g/mol. The maximum absolute atomic E-state index is 3.31. The predicted octanol–water partition coefficient (Wildman–Crippen LogP) is 13.8. The molecule has 4 fully saturated rings. The van der Waals surface area contributed by atoms with Crippen LogP contribution in [0.4, 0.5) is 0 Å². The van der Waals surface area contributed by atoms with Crippen LogP contribution in [0.3, 0.4) is 0 Å². The van der Waals surface area contributed by atoms with Crippen molar-refractivity contribution in [3.63, 3.8) is 0 Å². The van der Waals surface area contributed by atoms with E-state index >= 15 is 0 Å². The summed E-state index contributed by atoms with van der Waals surface area (Å²) in [5, 5.41) is 0. The summed E-state index contributed by atoms with van der Waals surface area (Å²) in [5.41, 5.74) is 10.7. The zero-order valence-electron chi connectivity index (χ0n) is 38.0. The molecule has 9 aliphatic rings. The summed E-state index contributed by atoms with van der Waals surface area (Å²) in [5.74, 6) is 4.68. The Morgan fingerprint density at radius 2 is 1.36 bits per heavy atom. The molecule has 2 nitrogen and oxygen atoms in total. The van der Waals surface area contributed by atoms with E-state index in [2.05, 4.69) is 111 Å². The van der Waals surface area contributed by atoms with Crippen molar-refractivity contribution in [2.75, 3.05) is 0 Å². The summed E-state index contributed by atoms with van der Waals surface area (Å²) in [6, 6.07) is 2.38. The zero-order valence-corrected chi connectivity index (χ0v) is 38.0. The summed E-state index contributed by atoms with van der Waals surface area (Å²) in [6.45, 7) is 31.7. The lowest BCUT2D eigenvalue weighted by Gasteiger charge is -2.63. The van der Waals surface area contributed by atoms with Crippen LogP contribution in [0.25, 0.3) is 0 Å². The van der Waals surface area contributed by atoms with Crippen molar-refractivity contribution < 1.29 is 0 Å². The highest BCUT2D eigenvalue weighted by Gasteiger charge is 2.71. The van der Waals surface area contributed by atoms with Gasteiger partial charge in [-0.3, -0.25) is 4.90 Å². The minimum Gasteiger partial charge on any atom is -0.363 e. The summed E-state index contributed by atoms with van der Waals surface area (Å²) in [4.78, 5) is 6.56. The summed E-state index contributed by atoms with van der Waals surface area (Å²) >= 11 is 0. The van der Waals surface area contributed by atoms with Crippen molar-refractivity contribution in [3.8, 4) is 0 Å². The lowest BCUT2D eigenvalue weighted by molar-refractivity contribution is -0.00816. The molecule has 0 aromatic rings. The number of nitrogens with zero attached hydrogens (tertiary/aromatic N) is 2. The Labute approximate surface area is 340 Å². The molecule has 1 spiro atoms. The van der Waals surface area contributed by atoms with Gasteiger partial charge in [-0.25, -0.2) is 0 Å². The van der Waals surface area contributed by atoms with Crippen molar-refractivity contribution in [2.45, 2.75) is 228 Å². The quantitative estimate of drug-likeness (QED) is 0.205. The van der Waals surface area contributed by atoms with Gasteiger partial charge in [0.05, 0.1) is 0 Å². The summed E-state index contributed by atoms with van der Waals surface area (Å²) < 4.78 is 0. The molecule has 3 heteroatoms. The van der Waals surface area contributed by atoms with E-state index in [1.54, 1.807) is 11.1 Å². The van der Waals surface area contributed by atoms with Gasteiger partial charge in [0, 0.05) is 35.4 Å². The van der Waals surface area contributed by atoms with Gasteiger partial charge in [0.1, 0.15) is 0 Å². The largest absolute Gasteiger partial charge is 0.363 e. The SMILES string of the molecule is CC1CC2=C3B(C4=CCC(C5CCCCC5)CC4N2C2C=C(C(C)(C)C)CC(C(C)(C)C)C2)C2C=C(C(C)(C)C)CC4C2N(C3C1)C(C)(C)C41CCCCC1. The average molecular weight is 747 g/mol. The van der Waals surface area contributed by atoms with Crippen molar-refractivity contribution in [2.24, 2.45) is 51.2 Å². The number of hydrogen-bond donors (Lipinski definition) is 0. The Morgan fingerprint density at radius 1 is 0.709 bits per heavy atom. The van der Waals surface area contributed by atoms with Crippen LogP contribution in [0.2, 0.25) is 5.82 Å². The molecule has 0 aromatic heterocycles. The highest BCUT2D eigenvalue weighted by Crippen LogP contribution is 2.70. The van der Waals surface area contributed by atoms with Gasteiger partial charge in [-0.05, 0) is 129 Å². The predicted molar refractivity (Wildman–Crippen MR) is 236 cm³/mol. The Kier molecular flexibility index (Phi) is 9.56. The van der Waals surface area contributed by atoms with Crippen LogP contribution < -0.4 is 0 Å². The van der Waals surface area contributed by atoms with Crippen LogP contribution >= 0.6 is 0 Å². The van der Waals surface area contributed by atoms with Gasteiger partial charge in [0.25, 0.3) is 0 Å². The third-order valence-electron chi connectivity index (χ3n) is 19.0. The van der Waals surface area contributed by atoms with Gasteiger partial charge in [-0.2, -0.15) is 0 Å². The molecule has 0 bridgehead atoms. The molecule has 3 heterocycles. The molecule has 3 aliphatic heterocycles. The van der Waals surface area contributed by atoms with E-state index in [9.17, 15) is 0 Å². The smallest absolute Gasteiger partial charge is 0.214 e. The van der Waals surface area contributed by atoms with Crippen LogP contribution in [-0.4, -0.2) is 46.2 Å². The van der Waals surface area contributed by atoms with E-state index in [1.165, 1.54) is 109 Å². The van der Waals surface area contributed by atoms with Gasteiger partial charge in [0.2, 0.25) is 6.71 Å². The van der Waals surface area contributed by atoms with Crippen LogP contribution in [0.15, 0.2) is 46.0 Å². The molecule has 6 aliphatic carbocycles. The van der Waals surface area contributed by atoms with E-state index in [4.69, 9.17) is 0 Å². The number of fused-ring (bicyclic) bond motifs is 5. The zero-order chi connectivity index (χ0) is 39.0. The lowest BCUT2D eigenvalue weighted by atomic mass is 9.24. The molecule has 9 unspecified atom stereocenters. The first kappa shape index (κ1) is 39.3. The molecule has 2 saturated heterocycles. The Morgan fingerprint density at radius 3 is 2.02 bits per heavy atom. The fourth-order valence-corrected chi connectivity index (χ4v) is 15.9. The van der Waals surface area contributed by atoms with E-state index in [-0.39, 0.29) is 16.4 Å². The first-order chi connectivity index (χ1) is 25.8. The van der Waals surface area contributed by atoms with E-state index in [0.29, 0.717) is 47.5 Å². The topological polar surface area (TPSA) is 6.48 Å². The third-order valence-corrected chi connectivity index (χ3v) is 19.0. The van der Waals surface area contributed by atoms with Gasteiger partial charge >= 0.3 is 0 Å². The first-order valence-corrected chi connectivity index (χ1v) is 24.2. The highest BCUT2D eigenvalue weighted by atomic mass is 15.3. The van der Waals surface area contributed by atoms with Crippen LogP contribution in [0, 0.1) is 51.2 Å². The van der Waals surface area contributed by atoms with Crippen LogP contribution in [0.1, 0.15) is 192 Å². The molecule has 55 heavy (non-hydrogen) atoms. The van der Waals surface area contributed by atoms with Crippen LogP contribution in [0.5, 0.6) is 0 Å². The average Bonchev–Trinajstić information content (AvgIpc) is 3.31.